The number of rotatable bonds is 2. The lowest BCUT2D eigenvalue weighted by molar-refractivity contribution is 0.180. The van der Waals surface area contributed by atoms with Gasteiger partial charge in [-0.05, 0) is 12.5 Å². The molecule has 0 saturated heterocycles. The van der Waals surface area contributed by atoms with Gasteiger partial charge in [-0.1, -0.05) is 0 Å². The largest absolute Gasteiger partial charge is 0.493 e. The van der Waals surface area contributed by atoms with Gasteiger partial charge >= 0.3 is 0 Å². The van der Waals surface area contributed by atoms with Gasteiger partial charge in [0.25, 0.3) is 0 Å². The van der Waals surface area contributed by atoms with Crippen LogP contribution in [-0.4, -0.2) is 24.9 Å². The molecule has 0 saturated carbocycles. The minimum Gasteiger partial charge on any atom is -0.493 e. The molecule has 17 heavy (non-hydrogen) atoms. The summed E-state index contributed by atoms with van der Waals surface area (Å²) in [5.41, 5.74) is 9.87. The van der Waals surface area contributed by atoms with Crippen molar-refractivity contribution in [3.05, 3.63) is 22.3 Å². The second kappa shape index (κ2) is 3.89. The van der Waals surface area contributed by atoms with Gasteiger partial charge in [-0.15, -0.1) is 0 Å². The second-order valence-corrected chi connectivity index (χ2v) is 4.60. The van der Waals surface area contributed by atoms with Crippen LogP contribution in [-0.2, 0) is 12.8 Å². The van der Waals surface area contributed by atoms with Gasteiger partial charge in [0.2, 0.25) is 0 Å². The van der Waals surface area contributed by atoms with Gasteiger partial charge in [0.15, 0.2) is 0 Å². The first-order chi connectivity index (χ1) is 8.24. The molecule has 0 aliphatic carbocycles. The van der Waals surface area contributed by atoms with E-state index in [0.717, 1.165) is 41.0 Å². The molecule has 3 rings (SSSR count). The van der Waals surface area contributed by atoms with Crippen molar-refractivity contribution in [1.29, 1.82) is 0 Å². The van der Waals surface area contributed by atoms with Crippen molar-refractivity contribution in [3.63, 3.8) is 0 Å². The number of aliphatic hydroxyl groups excluding tert-OH is 1. The van der Waals surface area contributed by atoms with Crippen molar-refractivity contribution in [2.45, 2.75) is 25.9 Å². The molecule has 0 spiro atoms. The Morgan fingerprint density at radius 1 is 1.18 bits per heavy atom. The highest BCUT2D eigenvalue weighted by molar-refractivity contribution is 5.62. The zero-order chi connectivity index (χ0) is 12.0. The monoisotopic (exact) mass is 235 g/mol. The molecule has 4 nitrogen and oxygen atoms in total. The highest BCUT2D eigenvalue weighted by Crippen LogP contribution is 2.46. The molecule has 0 radical (unpaired) electrons. The molecule has 1 atom stereocenters. The highest BCUT2D eigenvalue weighted by atomic mass is 16.5. The Kier molecular flexibility index (Phi) is 2.49. The summed E-state index contributed by atoms with van der Waals surface area (Å²) in [7, 11) is 0. The molecule has 1 aromatic carbocycles. The van der Waals surface area contributed by atoms with Crippen LogP contribution < -0.4 is 15.2 Å². The Morgan fingerprint density at radius 3 is 2.53 bits per heavy atom. The summed E-state index contributed by atoms with van der Waals surface area (Å²) in [6.07, 6.45) is 1.07. The minimum absolute atomic E-state index is 0.214. The number of aliphatic hydroxyl groups is 1. The van der Waals surface area contributed by atoms with Gasteiger partial charge in [-0.25, -0.2) is 0 Å². The fourth-order valence-electron chi connectivity index (χ4n) is 2.85. The molecule has 0 bridgehead atoms. The first-order valence-electron chi connectivity index (χ1n) is 6.06. The molecule has 1 aromatic rings. The van der Waals surface area contributed by atoms with E-state index in [1.807, 2.05) is 0 Å². The molecule has 2 aliphatic heterocycles. The first-order valence-corrected chi connectivity index (χ1v) is 6.06. The van der Waals surface area contributed by atoms with Crippen molar-refractivity contribution in [2.75, 3.05) is 19.8 Å². The Labute approximate surface area is 100 Å². The van der Waals surface area contributed by atoms with Gasteiger partial charge in [-0.3, -0.25) is 0 Å². The molecule has 2 heterocycles. The molecule has 2 aliphatic rings. The van der Waals surface area contributed by atoms with Crippen molar-refractivity contribution >= 4 is 0 Å². The van der Waals surface area contributed by atoms with E-state index in [4.69, 9.17) is 15.2 Å². The van der Waals surface area contributed by atoms with Gasteiger partial charge < -0.3 is 20.3 Å². The lowest BCUT2D eigenvalue weighted by Crippen LogP contribution is -2.14. The fraction of sp³-hybridized carbons (Fsp3) is 0.538. The van der Waals surface area contributed by atoms with E-state index in [2.05, 4.69) is 6.92 Å². The third-order valence-corrected chi connectivity index (χ3v) is 3.66. The third-order valence-electron chi connectivity index (χ3n) is 3.66. The highest BCUT2D eigenvalue weighted by Gasteiger charge is 2.31. The molecule has 4 heteroatoms. The van der Waals surface area contributed by atoms with E-state index < -0.39 is 6.10 Å². The van der Waals surface area contributed by atoms with Crippen molar-refractivity contribution in [1.82, 2.24) is 0 Å². The van der Waals surface area contributed by atoms with Crippen LogP contribution in [0.15, 0.2) is 0 Å². The van der Waals surface area contributed by atoms with E-state index in [0.29, 0.717) is 13.2 Å². The summed E-state index contributed by atoms with van der Waals surface area (Å²) < 4.78 is 11.4. The lowest BCUT2D eigenvalue weighted by atomic mass is 9.92. The summed E-state index contributed by atoms with van der Waals surface area (Å²) >= 11 is 0. The number of fused-ring (bicyclic) bond motifs is 2. The van der Waals surface area contributed by atoms with E-state index in [1.54, 1.807) is 0 Å². The standard InChI is InChI=1S/C13H17NO3/c1-7-8-2-4-17-13(8)11(10(15)6-14)9-3-5-16-12(7)9/h10,15H,2-6,14H2,1H3. The summed E-state index contributed by atoms with van der Waals surface area (Å²) in [4.78, 5) is 0. The molecular formula is C13H17NO3. The van der Waals surface area contributed by atoms with E-state index in [1.165, 1.54) is 5.56 Å². The fourth-order valence-corrected chi connectivity index (χ4v) is 2.85. The van der Waals surface area contributed by atoms with Gasteiger partial charge in [0, 0.05) is 36.1 Å². The SMILES string of the molecule is Cc1c2c(c(C(O)CN)c3c1OCC3)OCC2. The summed E-state index contributed by atoms with van der Waals surface area (Å²) in [6, 6.07) is 0. The van der Waals surface area contributed by atoms with E-state index >= 15 is 0 Å². The zero-order valence-electron chi connectivity index (χ0n) is 9.95. The number of hydrogen-bond donors (Lipinski definition) is 2. The zero-order valence-corrected chi connectivity index (χ0v) is 9.95. The van der Waals surface area contributed by atoms with Crippen LogP contribution in [0.25, 0.3) is 0 Å². The molecular weight excluding hydrogens is 218 g/mol. The molecule has 0 fully saturated rings. The van der Waals surface area contributed by atoms with E-state index in [9.17, 15) is 5.11 Å². The Balaban J connectivity index is 2.26. The maximum absolute atomic E-state index is 10.1. The van der Waals surface area contributed by atoms with Crippen LogP contribution in [0.5, 0.6) is 11.5 Å². The molecule has 92 valence electrons. The predicted molar refractivity (Wildman–Crippen MR) is 63.6 cm³/mol. The van der Waals surface area contributed by atoms with Crippen molar-refractivity contribution in [3.8, 4) is 11.5 Å². The summed E-state index contributed by atoms with van der Waals surface area (Å²) in [5, 5.41) is 10.1. The van der Waals surface area contributed by atoms with Crippen molar-refractivity contribution < 1.29 is 14.6 Å². The van der Waals surface area contributed by atoms with Gasteiger partial charge in [-0.2, -0.15) is 0 Å². The molecule has 1 unspecified atom stereocenters. The second-order valence-electron chi connectivity index (χ2n) is 4.60. The number of hydrogen-bond acceptors (Lipinski definition) is 4. The van der Waals surface area contributed by atoms with Gasteiger partial charge in [0.1, 0.15) is 11.5 Å². The summed E-state index contributed by atoms with van der Waals surface area (Å²) in [5.74, 6) is 1.79. The Bertz CT molecular complexity index is 435. The quantitative estimate of drug-likeness (QED) is 0.798. The number of ether oxygens (including phenoxy) is 2. The molecule has 3 N–H and O–H groups in total. The van der Waals surface area contributed by atoms with Crippen LogP contribution in [0.3, 0.4) is 0 Å². The maximum atomic E-state index is 10.1. The Morgan fingerprint density at radius 2 is 1.82 bits per heavy atom. The topological polar surface area (TPSA) is 64.7 Å². The van der Waals surface area contributed by atoms with Crippen LogP contribution in [0.1, 0.15) is 28.4 Å². The number of benzene rings is 1. The van der Waals surface area contributed by atoms with Crippen LogP contribution >= 0.6 is 0 Å². The molecule has 0 amide bonds. The average Bonchev–Trinajstić information content (AvgIpc) is 2.96. The van der Waals surface area contributed by atoms with Crippen LogP contribution in [0.2, 0.25) is 0 Å². The Hall–Kier alpha value is -1.26. The lowest BCUT2D eigenvalue weighted by Gasteiger charge is -2.18. The normalized spacial score (nSPS) is 18.3. The smallest absolute Gasteiger partial charge is 0.129 e. The predicted octanol–water partition coefficient (Wildman–Crippen LogP) is 0.857. The summed E-state index contributed by atoms with van der Waals surface area (Å²) in [6.45, 7) is 3.65. The maximum Gasteiger partial charge on any atom is 0.129 e. The molecule has 0 aromatic heterocycles. The van der Waals surface area contributed by atoms with Crippen LogP contribution in [0.4, 0.5) is 0 Å². The number of nitrogens with two attached hydrogens (primary N) is 1. The van der Waals surface area contributed by atoms with E-state index in [-0.39, 0.29) is 6.54 Å². The third kappa shape index (κ3) is 1.44. The van der Waals surface area contributed by atoms with Crippen LogP contribution in [0, 0.1) is 6.92 Å². The van der Waals surface area contributed by atoms with Crippen molar-refractivity contribution in [2.24, 2.45) is 5.73 Å². The first kappa shape index (κ1) is 10.9. The van der Waals surface area contributed by atoms with Gasteiger partial charge in [0.05, 0.1) is 19.3 Å². The average molecular weight is 235 g/mol. The minimum atomic E-state index is -0.655.